The monoisotopic (exact) mass is 385 g/mol. The molecule has 0 fully saturated rings. The Morgan fingerprint density at radius 3 is 1.44 bits per heavy atom. The summed E-state index contributed by atoms with van der Waals surface area (Å²) in [5.74, 6) is 0. The minimum absolute atomic E-state index is 0.205. The van der Waals surface area contributed by atoms with Crippen LogP contribution in [-0.2, 0) is 9.31 Å². The number of halogens is 4. The third kappa shape index (κ3) is 9.90. The summed E-state index contributed by atoms with van der Waals surface area (Å²) in [6, 6.07) is 0. The van der Waals surface area contributed by atoms with Crippen LogP contribution in [0.2, 0.25) is 0 Å². The highest BCUT2D eigenvalue weighted by Gasteiger charge is 2.03. The Balaban J connectivity index is 2.91. The van der Waals surface area contributed by atoms with E-state index in [1.807, 2.05) is 0 Å². The van der Waals surface area contributed by atoms with Crippen LogP contribution in [0.25, 0.3) is 0 Å². The number of rotatable bonds is 4. The van der Waals surface area contributed by atoms with Gasteiger partial charge in [0.05, 0.1) is 0 Å². The van der Waals surface area contributed by atoms with Crippen molar-refractivity contribution in [3.8, 4) is 0 Å². The zero-order valence-electron chi connectivity index (χ0n) is 4.06. The van der Waals surface area contributed by atoms with E-state index in [0.717, 1.165) is 0 Å². The van der Waals surface area contributed by atoms with E-state index in [9.17, 15) is 0 Å². The molecule has 0 aliphatic carbocycles. The SMILES string of the molecule is BrC(Br)O[B]OC(Br)Br. The first-order valence-electron chi connectivity index (χ1n) is 1.82. The first kappa shape index (κ1) is 10.9. The molecule has 0 unspecified atom stereocenters. The average Bonchev–Trinajstić information content (AvgIpc) is 1.63. The van der Waals surface area contributed by atoms with Crippen molar-refractivity contribution in [2.45, 2.75) is 7.85 Å². The van der Waals surface area contributed by atoms with Crippen LogP contribution in [0.3, 0.4) is 0 Å². The lowest BCUT2D eigenvalue weighted by molar-refractivity contribution is 0.272. The molecular weight excluding hydrogens is 386 g/mol. The predicted molar refractivity (Wildman–Crippen MR) is 51.2 cm³/mol. The van der Waals surface area contributed by atoms with E-state index in [4.69, 9.17) is 9.31 Å². The molecule has 9 heavy (non-hydrogen) atoms. The van der Waals surface area contributed by atoms with E-state index >= 15 is 0 Å². The minimum Gasteiger partial charge on any atom is -0.392 e. The van der Waals surface area contributed by atoms with Gasteiger partial charge in [-0.2, -0.15) is 0 Å². The van der Waals surface area contributed by atoms with E-state index in [1.165, 1.54) is 7.69 Å². The smallest absolute Gasteiger partial charge is 0.392 e. The van der Waals surface area contributed by atoms with E-state index < -0.39 is 0 Å². The Labute approximate surface area is 87.9 Å². The van der Waals surface area contributed by atoms with Crippen molar-refractivity contribution in [3.05, 3.63) is 0 Å². The highest BCUT2D eigenvalue weighted by atomic mass is 79.9. The molecular formula is C2H2BBr4O2. The van der Waals surface area contributed by atoms with Crippen LogP contribution >= 0.6 is 63.7 Å². The Bertz CT molecular complexity index is 61.6. The lowest BCUT2D eigenvalue weighted by atomic mass is 10.4. The summed E-state index contributed by atoms with van der Waals surface area (Å²) >= 11 is 12.3. The van der Waals surface area contributed by atoms with Gasteiger partial charge in [0.25, 0.3) is 0 Å². The molecule has 2 nitrogen and oxygen atoms in total. The third-order valence-corrected chi connectivity index (χ3v) is 1.18. The van der Waals surface area contributed by atoms with Crippen molar-refractivity contribution in [1.82, 2.24) is 0 Å². The summed E-state index contributed by atoms with van der Waals surface area (Å²) < 4.78 is 9.15. The molecule has 0 N–H and O–H groups in total. The topological polar surface area (TPSA) is 18.5 Å². The van der Waals surface area contributed by atoms with E-state index in [-0.39, 0.29) is 7.85 Å². The molecule has 0 bridgehead atoms. The molecule has 0 saturated carbocycles. The molecule has 0 amide bonds. The van der Waals surface area contributed by atoms with Crippen molar-refractivity contribution >= 4 is 71.4 Å². The number of alkyl halides is 4. The fourth-order valence-electron chi connectivity index (χ4n) is 0.116. The van der Waals surface area contributed by atoms with Gasteiger partial charge in [0.1, 0.15) is 0 Å². The van der Waals surface area contributed by atoms with Gasteiger partial charge in [-0.3, -0.25) is 0 Å². The van der Waals surface area contributed by atoms with Crippen LogP contribution in [0.4, 0.5) is 0 Å². The van der Waals surface area contributed by atoms with Gasteiger partial charge < -0.3 is 9.31 Å². The molecule has 0 rings (SSSR count). The molecule has 1 radical (unpaired) electrons. The van der Waals surface area contributed by atoms with Gasteiger partial charge in [0.2, 0.25) is 0 Å². The first-order chi connectivity index (χ1) is 4.13. The van der Waals surface area contributed by atoms with Gasteiger partial charge in [0, 0.05) is 0 Å². The van der Waals surface area contributed by atoms with Gasteiger partial charge in [-0.25, -0.2) is 0 Å². The summed E-state index contributed by atoms with van der Waals surface area (Å²) in [6.45, 7) is 0. The van der Waals surface area contributed by atoms with Crippen molar-refractivity contribution in [3.63, 3.8) is 0 Å². The fraction of sp³-hybridized carbons (Fsp3) is 1.00. The molecule has 0 aromatic heterocycles. The van der Waals surface area contributed by atoms with Crippen molar-refractivity contribution in [2.24, 2.45) is 0 Å². The van der Waals surface area contributed by atoms with Gasteiger partial charge in [-0.1, -0.05) is 0 Å². The van der Waals surface area contributed by atoms with Crippen LogP contribution in [0.5, 0.6) is 0 Å². The predicted octanol–water partition coefficient (Wildman–Crippen LogP) is 2.70. The van der Waals surface area contributed by atoms with Crippen LogP contribution in [0.1, 0.15) is 0 Å². The Morgan fingerprint density at radius 2 is 1.22 bits per heavy atom. The molecule has 0 atom stereocenters. The normalized spacial score (nSPS) is 10.9. The van der Waals surface area contributed by atoms with Crippen LogP contribution in [0.15, 0.2) is 0 Å². The van der Waals surface area contributed by atoms with E-state index in [2.05, 4.69) is 63.7 Å². The standard InChI is InChI=1S/C2H2BBr4O2/c4-1(5)8-3-9-2(6)7/h1-2H. The summed E-state index contributed by atoms with van der Waals surface area (Å²) in [7, 11) is 1.21. The average molecular weight is 388 g/mol. The number of hydrogen-bond acceptors (Lipinski definition) is 2. The lowest BCUT2D eigenvalue weighted by Crippen LogP contribution is -2.08. The van der Waals surface area contributed by atoms with Gasteiger partial charge in [0.15, 0.2) is 7.85 Å². The fourth-order valence-corrected chi connectivity index (χ4v) is 0.469. The van der Waals surface area contributed by atoms with Crippen LogP contribution in [-0.4, -0.2) is 15.5 Å². The maximum Gasteiger partial charge on any atom is 0.490 e. The van der Waals surface area contributed by atoms with E-state index in [1.54, 1.807) is 0 Å². The Kier molecular flexibility index (Phi) is 8.00. The second kappa shape index (κ2) is 6.60. The highest BCUT2D eigenvalue weighted by Crippen LogP contribution is 2.11. The first-order valence-corrected chi connectivity index (χ1v) is 5.48. The Morgan fingerprint density at radius 1 is 0.889 bits per heavy atom. The summed E-state index contributed by atoms with van der Waals surface area (Å²) in [5.41, 5.74) is 0. The maximum atomic E-state index is 4.78. The third-order valence-electron chi connectivity index (χ3n) is 0.317. The van der Waals surface area contributed by atoms with Crippen molar-refractivity contribution < 1.29 is 9.31 Å². The van der Waals surface area contributed by atoms with E-state index in [0.29, 0.717) is 0 Å². The summed E-state index contributed by atoms with van der Waals surface area (Å²) in [6.07, 6.45) is 0. The van der Waals surface area contributed by atoms with Crippen LogP contribution in [0, 0.1) is 0 Å². The van der Waals surface area contributed by atoms with Crippen molar-refractivity contribution in [2.75, 3.05) is 0 Å². The molecule has 53 valence electrons. The molecule has 7 heteroatoms. The summed E-state index contributed by atoms with van der Waals surface area (Å²) in [5, 5.41) is 0. The maximum absolute atomic E-state index is 4.78. The molecule has 0 aromatic rings. The number of hydrogen-bond donors (Lipinski definition) is 0. The lowest BCUT2D eigenvalue weighted by Gasteiger charge is -2.03. The zero-order valence-corrected chi connectivity index (χ0v) is 10.4. The van der Waals surface area contributed by atoms with Gasteiger partial charge >= 0.3 is 7.69 Å². The minimum atomic E-state index is -0.205. The zero-order chi connectivity index (χ0) is 7.28. The summed E-state index contributed by atoms with van der Waals surface area (Å²) in [4.78, 5) is 0. The van der Waals surface area contributed by atoms with Gasteiger partial charge in [-0.05, 0) is 63.7 Å². The molecule has 0 aliphatic rings. The molecule has 0 spiro atoms. The molecule has 0 aliphatic heterocycles. The molecule has 0 saturated heterocycles. The molecule has 0 aromatic carbocycles. The van der Waals surface area contributed by atoms with Gasteiger partial charge in [-0.15, -0.1) is 0 Å². The highest BCUT2D eigenvalue weighted by molar-refractivity contribution is 9.24. The second-order valence-electron chi connectivity index (χ2n) is 0.890. The largest absolute Gasteiger partial charge is 0.490 e. The van der Waals surface area contributed by atoms with Crippen LogP contribution < -0.4 is 0 Å². The molecule has 0 heterocycles. The quantitative estimate of drug-likeness (QED) is 0.545. The second-order valence-corrected chi connectivity index (χ2v) is 6.67. The Hall–Kier alpha value is 1.90. The van der Waals surface area contributed by atoms with Crippen molar-refractivity contribution in [1.29, 1.82) is 0 Å².